The molecule has 1 aliphatic rings. The highest BCUT2D eigenvalue weighted by atomic mass is 35.5. The van der Waals surface area contributed by atoms with Crippen molar-refractivity contribution in [1.29, 1.82) is 0 Å². The molecule has 0 atom stereocenters. The Balaban J connectivity index is 2.07. The average Bonchev–Trinajstić information content (AvgIpc) is 2.38. The Labute approximate surface area is 122 Å². The number of halogens is 2. The van der Waals surface area contributed by atoms with Crippen molar-refractivity contribution in [3.63, 3.8) is 0 Å². The summed E-state index contributed by atoms with van der Waals surface area (Å²) in [7, 11) is 0. The number of hydrogen-bond donors (Lipinski definition) is 0. The molecule has 0 unspecified atom stereocenters. The van der Waals surface area contributed by atoms with Gasteiger partial charge < -0.3 is 4.90 Å². The van der Waals surface area contributed by atoms with E-state index in [9.17, 15) is 9.59 Å². The Kier molecular flexibility index (Phi) is 4.48. The Bertz CT molecular complexity index is 508. The van der Waals surface area contributed by atoms with Crippen LogP contribution in [0.5, 0.6) is 0 Å². The molecule has 1 aliphatic heterocycles. The van der Waals surface area contributed by atoms with Crippen molar-refractivity contribution >= 4 is 34.9 Å². The summed E-state index contributed by atoms with van der Waals surface area (Å²) in [5, 5.41) is 0.878. The summed E-state index contributed by atoms with van der Waals surface area (Å²) in [6.45, 7) is 2.81. The molecule has 1 amide bonds. The third-order valence-corrected chi connectivity index (χ3v) is 4.07. The molecular weight excluding hydrogens is 285 g/mol. The van der Waals surface area contributed by atoms with Gasteiger partial charge in [-0.1, -0.05) is 23.2 Å². The molecule has 0 saturated carbocycles. The predicted molar refractivity (Wildman–Crippen MR) is 75.8 cm³/mol. The third kappa shape index (κ3) is 3.28. The van der Waals surface area contributed by atoms with Crippen molar-refractivity contribution in [1.82, 2.24) is 4.90 Å². The topological polar surface area (TPSA) is 37.4 Å². The van der Waals surface area contributed by atoms with Crippen LogP contribution in [0.3, 0.4) is 0 Å². The fourth-order valence-electron chi connectivity index (χ4n) is 2.32. The van der Waals surface area contributed by atoms with Gasteiger partial charge in [-0.2, -0.15) is 0 Å². The number of carbonyl (C=O) groups is 2. The molecule has 1 aromatic rings. The lowest BCUT2D eigenvalue weighted by molar-refractivity contribution is -0.121. The second-order valence-corrected chi connectivity index (χ2v) is 5.64. The number of likely N-dealkylation sites (tertiary alicyclic amines) is 1. The molecule has 3 nitrogen and oxygen atoms in total. The number of piperidine rings is 1. The van der Waals surface area contributed by atoms with E-state index in [2.05, 4.69) is 0 Å². The first-order chi connectivity index (χ1) is 8.99. The molecule has 1 fully saturated rings. The minimum Gasteiger partial charge on any atom is -0.339 e. The summed E-state index contributed by atoms with van der Waals surface area (Å²) in [6, 6.07) is 4.87. The van der Waals surface area contributed by atoms with Gasteiger partial charge >= 0.3 is 0 Å². The molecule has 0 aliphatic carbocycles. The highest BCUT2D eigenvalue weighted by Crippen LogP contribution is 2.25. The molecule has 102 valence electrons. The van der Waals surface area contributed by atoms with E-state index in [1.807, 2.05) is 0 Å². The van der Waals surface area contributed by atoms with E-state index >= 15 is 0 Å². The number of benzene rings is 1. The number of Topliss-reactive ketones (excluding diaryl/α,β-unsaturated/α-hetero) is 1. The SMILES string of the molecule is CC(=O)C1CCN(C(=O)c2ccc(Cl)cc2Cl)CC1. The summed E-state index contributed by atoms with van der Waals surface area (Å²) in [4.78, 5) is 25.4. The normalized spacial score (nSPS) is 16.5. The van der Waals surface area contributed by atoms with Gasteiger partial charge in [-0.3, -0.25) is 9.59 Å². The fraction of sp³-hybridized carbons (Fsp3) is 0.429. The molecule has 2 rings (SSSR count). The second kappa shape index (κ2) is 5.93. The lowest BCUT2D eigenvalue weighted by Gasteiger charge is -2.31. The Morgan fingerprint density at radius 3 is 2.37 bits per heavy atom. The zero-order valence-electron chi connectivity index (χ0n) is 10.7. The fourth-order valence-corrected chi connectivity index (χ4v) is 2.81. The summed E-state index contributed by atoms with van der Waals surface area (Å²) >= 11 is 11.9. The smallest absolute Gasteiger partial charge is 0.255 e. The number of hydrogen-bond acceptors (Lipinski definition) is 2. The van der Waals surface area contributed by atoms with Crippen LogP contribution in [0.1, 0.15) is 30.1 Å². The van der Waals surface area contributed by atoms with Gasteiger partial charge in [-0.25, -0.2) is 0 Å². The number of nitrogens with zero attached hydrogens (tertiary/aromatic N) is 1. The van der Waals surface area contributed by atoms with Crippen LogP contribution in [0.25, 0.3) is 0 Å². The van der Waals surface area contributed by atoms with E-state index in [0.717, 1.165) is 12.8 Å². The first kappa shape index (κ1) is 14.4. The van der Waals surface area contributed by atoms with Crippen molar-refractivity contribution in [2.45, 2.75) is 19.8 Å². The molecule has 5 heteroatoms. The quantitative estimate of drug-likeness (QED) is 0.839. The summed E-state index contributed by atoms with van der Waals surface area (Å²) in [5.74, 6) is 0.199. The summed E-state index contributed by atoms with van der Waals surface area (Å²) < 4.78 is 0. The van der Waals surface area contributed by atoms with Gasteiger partial charge in [0.15, 0.2) is 0 Å². The van der Waals surface area contributed by atoms with Gasteiger partial charge in [0, 0.05) is 24.0 Å². The highest BCUT2D eigenvalue weighted by Gasteiger charge is 2.26. The first-order valence-electron chi connectivity index (χ1n) is 6.24. The van der Waals surface area contributed by atoms with Gasteiger partial charge in [-0.15, -0.1) is 0 Å². The standard InChI is InChI=1S/C14H15Cl2NO2/c1-9(18)10-4-6-17(7-5-10)14(19)12-3-2-11(15)8-13(12)16/h2-3,8,10H,4-7H2,1H3. The van der Waals surface area contributed by atoms with Crippen LogP contribution in [0.2, 0.25) is 10.0 Å². The van der Waals surface area contributed by atoms with Crippen LogP contribution >= 0.6 is 23.2 Å². The van der Waals surface area contributed by atoms with Crippen LogP contribution < -0.4 is 0 Å². The van der Waals surface area contributed by atoms with Crippen molar-refractivity contribution in [3.8, 4) is 0 Å². The van der Waals surface area contributed by atoms with Crippen molar-refractivity contribution < 1.29 is 9.59 Å². The lowest BCUT2D eigenvalue weighted by atomic mass is 9.93. The van der Waals surface area contributed by atoms with Gasteiger partial charge in [0.25, 0.3) is 5.91 Å². The number of rotatable bonds is 2. The lowest BCUT2D eigenvalue weighted by Crippen LogP contribution is -2.40. The van der Waals surface area contributed by atoms with Crippen LogP contribution in [0.4, 0.5) is 0 Å². The Morgan fingerprint density at radius 2 is 1.84 bits per heavy atom. The minimum absolute atomic E-state index is 0.0877. The van der Waals surface area contributed by atoms with E-state index in [1.54, 1.807) is 30.0 Å². The van der Waals surface area contributed by atoms with Gasteiger partial charge in [-0.05, 0) is 38.0 Å². The average molecular weight is 300 g/mol. The van der Waals surface area contributed by atoms with Crippen molar-refractivity contribution in [2.24, 2.45) is 5.92 Å². The monoisotopic (exact) mass is 299 g/mol. The largest absolute Gasteiger partial charge is 0.339 e. The van der Waals surface area contributed by atoms with Gasteiger partial charge in [0.1, 0.15) is 5.78 Å². The summed E-state index contributed by atoms with van der Waals surface area (Å²) in [6.07, 6.45) is 1.46. The molecule has 0 radical (unpaired) electrons. The van der Waals surface area contributed by atoms with Crippen molar-refractivity contribution in [3.05, 3.63) is 33.8 Å². The van der Waals surface area contributed by atoms with E-state index in [4.69, 9.17) is 23.2 Å². The maximum Gasteiger partial charge on any atom is 0.255 e. The maximum absolute atomic E-state index is 12.3. The van der Waals surface area contributed by atoms with Gasteiger partial charge in [0.05, 0.1) is 10.6 Å². The number of carbonyl (C=O) groups excluding carboxylic acids is 2. The van der Waals surface area contributed by atoms with Crippen LogP contribution in [-0.4, -0.2) is 29.7 Å². The molecule has 19 heavy (non-hydrogen) atoms. The molecule has 1 saturated heterocycles. The third-order valence-electron chi connectivity index (χ3n) is 3.52. The molecule has 0 spiro atoms. The van der Waals surface area contributed by atoms with Crippen LogP contribution in [0, 0.1) is 5.92 Å². The minimum atomic E-state index is -0.0938. The van der Waals surface area contributed by atoms with E-state index in [0.29, 0.717) is 28.7 Å². The number of ketones is 1. The maximum atomic E-state index is 12.3. The van der Waals surface area contributed by atoms with E-state index < -0.39 is 0 Å². The molecule has 0 N–H and O–H groups in total. The zero-order valence-corrected chi connectivity index (χ0v) is 12.2. The number of amides is 1. The van der Waals surface area contributed by atoms with Crippen LogP contribution in [0.15, 0.2) is 18.2 Å². The predicted octanol–water partition coefficient (Wildman–Crippen LogP) is 3.43. The Morgan fingerprint density at radius 1 is 1.21 bits per heavy atom. The zero-order chi connectivity index (χ0) is 14.0. The van der Waals surface area contributed by atoms with Crippen molar-refractivity contribution in [2.75, 3.05) is 13.1 Å². The molecule has 0 aromatic heterocycles. The summed E-state index contributed by atoms with van der Waals surface area (Å²) in [5.41, 5.74) is 0.465. The molecule has 0 bridgehead atoms. The first-order valence-corrected chi connectivity index (χ1v) is 6.99. The molecule has 1 aromatic carbocycles. The Hall–Kier alpha value is -1.06. The highest BCUT2D eigenvalue weighted by molar-refractivity contribution is 6.36. The second-order valence-electron chi connectivity index (χ2n) is 4.80. The van der Waals surface area contributed by atoms with Gasteiger partial charge in [0.2, 0.25) is 0 Å². The van der Waals surface area contributed by atoms with Crippen LogP contribution in [-0.2, 0) is 4.79 Å². The molecular formula is C14H15Cl2NO2. The van der Waals surface area contributed by atoms with E-state index in [1.165, 1.54) is 0 Å². The molecule has 1 heterocycles. The van der Waals surface area contributed by atoms with E-state index in [-0.39, 0.29) is 17.6 Å².